The van der Waals surface area contributed by atoms with Gasteiger partial charge in [-0.2, -0.15) is 0 Å². The zero-order chi connectivity index (χ0) is 16.0. The lowest BCUT2D eigenvalue weighted by Gasteiger charge is -2.50. The van der Waals surface area contributed by atoms with E-state index in [-0.39, 0.29) is 22.9 Å². The molecule has 1 amide bonds. The Hall–Kier alpha value is -0.610. The summed E-state index contributed by atoms with van der Waals surface area (Å²) in [4.78, 5) is 17.5. The van der Waals surface area contributed by atoms with E-state index >= 15 is 0 Å². The SMILES string of the molecule is CC1C(N)CCC(C(=O)N2CCN(C)C(C)(C)C2)C1(C)C. The second-order valence-electron chi connectivity index (χ2n) is 8.40. The van der Waals surface area contributed by atoms with Gasteiger partial charge in [0.15, 0.2) is 0 Å². The summed E-state index contributed by atoms with van der Waals surface area (Å²) in [5, 5.41) is 0. The highest BCUT2D eigenvalue weighted by molar-refractivity contribution is 5.80. The minimum atomic E-state index is -0.0117. The van der Waals surface area contributed by atoms with Crippen molar-refractivity contribution in [1.29, 1.82) is 0 Å². The van der Waals surface area contributed by atoms with Crippen LogP contribution in [0.3, 0.4) is 0 Å². The third kappa shape index (κ3) is 2.98. The topological polar surface area (TPSA) is 49.6 Å². The molecule has 0 bridgehead atoms. The van der Waals surface area contributed by atoms with Crippen LogP contribution in [0.5, 0.6) is 0 Å². The summed E-state index contributed by atoms with van der Waals surface area (Å²) in [7, 11) is 2.15. The molecule has 2 rings (SSSR count). The van der Waals surface area contributed by atoms with E-state index in [2.05, 4.69) is 51.5 Å². The van der Waals surface area contributed by atoms with Crippen LogP contribution in [0.15, 0.2) is 0 Å². The maximum atomic E-state index is 13.1. The summed E-state index contributed by atoms with van der Waals surface area (Å²) in [6.45, 7) is 13.7. The zero-order valence-corrected chi connectivity index (χ0v) is 14.6. The van der Waals surface area contributed by atoms with Crippen molar-refractivity contribution in [2.75, 3.05) is 26.7 Å². The fraction of sp³-hybridized carbons (Fsp3) is 0.941. The number of likely N-dealkylation sites (N-methyl/N-ethyl adjacent to an activating group) is 1. The van der Waals surface area contributed by atoms with Crippen LogP contribution in [-0.4, -0.2) is 54.0 Å². The minimum Gasteiger partial charge on any atom is -0.339 e. The summed E-state index contributed by atoms with van der Waals surface area (Å²) in [6, 6.07) is 0.230. The Morgan fingerprint density at radius 2 is 1.76 bits per heavy atom. The van der Waals surface area contributed by atoms with E-state index in [1.54, 1.807) is 0 Å². The summed E-state index contributed by atoms with van der Waals surface area (Å²) >= 11 is 0. The van der Waals surface area contributed by atoms with E-state index in [0.717, 1.165) is 32.5 Å². The molecule has 1 aliphatic carbocycles. The lowest BCUT2D eigenvalue weighted by molar-refractivity contribution is -0.148. The summed E-state index contributed by atoms with van der Waals surface area (Å²) in [5.74, 6) is 0.854. The van der Waals surface area contributed by atoms with Crippen molar-refractivity contribution in [1.82, 2.24) is 9.80 Å². The van der Waals surface area contributed by atoms with E-state index in [0.29, 0.717) is 11.8 Å². The third-order valence-corrected chi connectivity index (χ3v) is 6.43. The number of carbonyl (C=O) groups excluding carboxylic acids is 1. The fourth-order valence-corrected chi connectivity index (χ4v) is 3.94. The summed E-state index contributed by atoms with van der Waals surface area (Å²) in [6.07, 6.45) is 1.91. The molecule has 3 atom stereocenters. The Balaban J connectivity index is 2.13. The molecular weight excluding hydrogens is 262 g/mol. The molecule has 1 heterocycles. The monoisotopic (exact) mass is 295 g/mol. The molecule has 2 N–H and O–H groups in total. The number of rotatable bonds is 1. The maximum absolute atomic E-state index is 13.1. The van der Waals surface area contributed by atoms with Crippen molar-refractivity contribution in [3.8, 4) is 0 Å². The van der Waals surface area contributed by atoms with Gasteiger partial charge in [0.2, 0.25) is 5.91 Å². The molecular formula is C17H33N3O. The quantitative estimate of drug-likeness (QED) is 0.804. The van der Waals surface area contributed by atoms with E-state index in [4.69, 9.17) is 5.73 Å². The number of hydrogen-bond acceptors (Lipinski definition) is 3. The van der Waals surface area contributed by atoms with Crippen LogP contribution < -0.4 is 5.73 Å². The molecule has 0 aromatic heterocycles. The first-order valence-electron chi connectivity index (χ1n) is 8.33. The van der Waals surface area contributed by atoms with Crippen molar-refractivity contribution in [3.63, 3.8) is 0 Å². The first-order chi connectivity index (χ1) is 9.57. The van der Waals surface area contributed by atoms with Gasteiger partial charge in [0.1, 0.15) is 0 Å². The van der Waals surface area contributed by atoms with Gasteiger partial charge < -0.3 is 10.6 Å². The second kappa shape index (κ2) is 5.54. The van der Waals surface area contributed by atoms with E-state index in [1.165, 1.54) is 0 Å². The number of amides is 1. The molecule has 1 aliphatic heterocycles. The standard InChI is InChI=1S/C17H33N3O/c1-12-14(18)8-7-13(17(12,4)5)15(21)20-10-9-19(6)16(2,3)11-20/h12-14H,7-11,18H2,1-6H3. The zero-order valence-electron chi connectivity index (χ0n) is 14.6. The molecule has 0 spiro atoms. The lowest BCUT2D eigenvalue weighted by Crippen LogP contribution is -2.61. The Kier molecular flexibility index (Phi) is 4.42. The van der Waals surface area contributed by atoms with Crippen molar-refractivity contribution in [3.05, 3.63) is 0 Å². The normalized spacial score (nSPS) is 36.5. The van der Waals surface area contributed by atoms with E-state index in [9.17, 15) is 4.79 Å². The Morgan fingerprint density at radius 3 is 2.33 bits per heavy atom. The van der Waals surface area contributed by atoms with Gasteiger partial charge in [0, 0.05) is 37.1 Å². The van der Waals surface area contributed by atoms with Crippen LogP contribution in [0.4, 0.5) is 0 Å². The predicted octanol–water partition coefficient (Wildman–Crippen LogP) is 1.94. The predicted molar refractivity (Wildman–Crippen MR) is 86.9 cm³/mol. The van der Waals surface area contributed by atoms with Gasteiger partial charge in [-0.05, 0) is 45.1 Å². The fourth-order valence-electron chi connectivity index (χ4n) is 3.94. The van der Waals surface area contributed by atoms with Gasteiger partial charge in [0.05, 0.1) is 0 Å². The molecule has 3 unspecified atom stereocenters. The molecule has 2 aliphatic rings. The smallest absolute Gasteiger partial charge is 0.226 e. The first kappa shape index (κ1) is 16.8. The van der Waals surface area contributed by atoms with Crippen LogP contribution in [0, 0.1) is 17.3 Å². The van der Waals surface area contributed by atoms with Gasteiger partial charge in [0.25, 0.3) is 0 Å². The largest absolute Gasteiger partial charge is 0.339 e. The Bertz CT molecular complexity index is 405. The van der Waals surface area contributed by atoms with Crippen molar-refractivity contribution < 1.29 is 4.79 Å². The molecule has 0 radical (unpaired) electrons. The molecule has 1 saturated heterocycles. The van der Waals surface area contributed by atoms with Crippen LogP contribution in [0.2, 0.25) is 0 Å². The van der Waals surface area contributed by atoms with Crippen molar-refractivity contribution >= 4 is 5.91 Å². The molecule has 4 nitrogen and oxygen atoms in total. The van der Waals surface area contributed by atoms with Crippen LogP contribution in [-0.2, 0) is 4.79 Å². The number of carbonyl (C=O) groups is 1. The summed E-state index contributed by atoms with van der Waals surface area (Å²) < 4.78 is 0. The van der Waals surface area contributed by atoms with Crippen LogP contribution in [0.1, 0.15) is 47.5 Å². The number of hydrogen-bond donors (Lipinski definition) is 1. The third-order valence-electron chi connectivity index (χ3n) is 6.43. The highest BCUT2D eigenvalue weighted by atomic mass is 16.2. The average molecular weight is 295 g/mol. The minimum absolute atomic E-state index is 0.0117. The van der Waals surface area contributed by atoms with E-state index < -0.39 is 0 Å². The molecule has 21 heavy (non-hydrogen) atoms. The highest BCUT2D eigenvalue weighted by Crippen LogP contribution is 2.45. The van der Waals surface area contributed by atoms with Gasteiger partial charge in [-0.25, -0.2) is 0 Å². The second-order valence-corrected chi connectivity index (χ2v) is 8.40. The molecule has 4 heteroatoms. The number of nitrogens with zero attached hydrogens (tertiary/aromatic N) is 2. The molecule has 122 valence electrons. The molecule has 0 aromatic rings. The van der Waals surface area contributed by atoms with Gasteiger partial charge in [-0.3, -0.25) is 9.69 Å². The van der Waals surface area contributed by atoms with Gasteiger partial charge >= 0.3 is 0 Å². The van der Waals surface area contributed by atoms with Gasteiger partial charge in [-0.15, -0.1) is 0 Å². The molecule has 0 aromatic carbocycles. The summed E-state index contributed by atoms with van der Waals surface area (Å²) in [5.41, 5.74) is 6.28. The number of nitrogens with two attached hydrogens (primary N) is 1. The molecule has 2 fully saturated rings. The van der Waals surface area contributed by atoms with Crippen molar-refractivity contribution in [2.24, 2.45) is 23.0 Å². The average Bonchev–Trinajstić information content (AvgIpc) is 2.38. The maximum Gasteiger partial charge on any atom is 0.226 e. The van der Waals surface area contributed by atoms with Crippen LogP contribution in [0.25, 0.3) is 0 Å². The lowest BCUT2D eigenvalue weighted by atomic mass is 9.60. The van der Waals surface area contributed by atoms with Crippen LogP contribution >= 0.6 is 0 Å². The Labute approximate surface area is 130 Å². The van der Waals surface area contributed by atoms with Crippen molar-refractivity contribution in [2.45, 2.75) is 59.0 Å². The van der Waals surface area contributed by atoms with Gasteiger partial charge in [-0.1, -0.05) is 20.8 Å². The first-order valence-corrected chi connectivity index (χ1v) is 8.33. The Morgan fingerprint density at radius 1 is 1.14 bits per heavy atom. The highest BCUT2D eigenvalue weighted by Gasteiger charge is 2.47. The van der Waals surface area contributed by atoms with E-state index in [1.807, 2.05) is 0 Å². The molecule has 1 saturated carbocycles. The number of piperazine rings is 1.